The first kappa shape index (κ1) is 85.8. The van der Waals surface area contributed by atoms with E-state index >= 15 is 0 Å². The Labute approximate surface area is 654 Å². The van der Waals surface area contributed by atoms with E-state index in [0.717, 1.165) is 68.1 Å². The van der Waals surface area contributed by atoms with Gasteiger partial charge < -0.3 is 58.2 Å². The number of carboxylic acids is 1. The number of carbonyl (C=O) groups is 7. The summed E-state index contributed by atoms with van der Waals surface area (Å²) in [5, 5.41) is 29.6. The molecule has 4 aromatic heterocycles. The van der Waals surface area contributed by atoms with Crippen molar-refractivity contribution < 1.29 is 86.4 Å². The van der Waals surface area contributed by atoms with Gasteiger partial charge in [-0.25, -0.2) is 48.7 Å². The van der Waals surface area contributed by atoms with Crippen LogP contribution in [-0.2, 0) is 47.6 Å². The summed E-state index contributed by atoms with van der Waals surface area (Å²) in [6.45, 7) is 24.4. The van der Waals surface area contributed by atoms with Crippen molar-refractivity contribution in [2.24, 2.45) is 0 Å². The van der Waals surface area contributed by atoms with Crippen LogP contribution in [0.25, 0.3) is 55.2 Å². The number of aliphatic hydroxyl groups is 1. The topological polar surface area (TPSA) is 316 Å². The predicted octanol–water partition coefficient (Wildman–Crippen LogP) is 14.4. The van der Waals surface area contributed by atoms with Gasteiger partial charge in [0, 0.05) is 87.5 Å². The number of methoxy groups -OCH3 is 3. The van der Waals surface area contributed by atoms with Crippen LogP contribution in [0.15, 0.2) is 144 Å². The van der Waals surface area contributed by atoms with Crippen molar-refractivity contribution in [3.8, 4) is 17.6 Å². The summed E-state index contributed by atoms with van der Waals surface area (Å²) in [5.41, 5.74) is -0.0464. The first-order valence-electron chi connectivity index (χ1n) is 34.2. The number of ether oxygens (including phenoxy) is 9. The van der Waals surface area contributed by atoms with E-state index in [1.165, 1.54) is 31.1 Å². The van der Waals surface area contributed by atoms with Gasteiger partial charge in [0.25, 0.3) is 0 Å². The van der Waals surface area contributed by atoms with Gasteiger partial charge in [-0.2, -0.15) is 0 Å². The Kier molecular flexibility index (Phi) is 30.2. The summed E-state index contributed by atoms with van der Waals surface area (Å²) in [6.07, 6.45) is 7.98. The molecule has 0 aliphatic carbocycles. The minimum Gasteiger partial charge on any atom is -0.480 e. The number of nitrogens with zero attached hydrogens (tertiary/aromatic N) is 7. The van der Waals surface area contributed by atoms with Crippen molar-refractivity contribution in [1.82, 2.24) is 40.0 Å². The Bertz CT molecular complexity index is 4560. The minimum atomic E-state index is -1.12. The van der Waals surface area contributed by atoms with Crippen molar-refractivity contribution in [2.75, 3.05) is 47.5 Å². The normalized spacial score (nSPS) is 19.4. The number of fused-ring (bicyclic) bond motifs is 4. The highest BCUT2D eigenvalue weighted by molar-refractivity contribution is 9.10. The summed E-state index contributed by atoms with van der Waals surface area (Å²) in [5.74, 6) is -0.886. The standard InChI is InChI=1S/C22H26N2O5.C20H23BrN2O5.C17H18N2O3.C10H17NO5.C9H5BrClN.ClH/c1-6-14-7-8-15-9-10-23-19(17(15)11-14)28-16-12-18(20(25)27-5)24(13-16)21(26)29-22(2,3)4;1-20(2,3)28-19(25)23-11-14(10-16(23)18(24)26-4)27-17-15-9-13(21)6-5-12(15)7-8-22-17;1-3-11-4-5-12-6-7-18-16(14(12)8-11)22-13-9-15(19-10-13)17(20)21-2;1-10(2,3)16-9(15)11-5-6(12)4-7(11)8(13)14;10-7-2-1-6-3-4-12-9(11)8(6)5-7;/h6-11,16,18H,1,12-13H2,2-5H3;5-9,14,16H,10-11H2,1-4H3;3-8,13,15,19H,1,9-10H2,2H3;6-7,12H,4-5H2,1-3H3,(H,13,14);1-5H;1H/t16-,18+;14-,16+;13-,15+;6-,7+;;/m1111../s1. The van der Waals surface area contributed by atoms with E-state index in [0.29, 0.717) is 48.6 Å². The van der Waals surface area contributed by atoms with E-state index in [4.69, 9.17) is 59.3 Å². The molecule has 30 heteroatoms. The van der Waals surface area contributed by atoms with Gasteiger partial charge in [-0.15, -0.1) is 12.4 Å². The molecule has 4 aromatic carbocycles. The van der Waals surface area contributed by atoms with Crippen LogP contribution in [0, 0.1) is 0 Å². The van der Waals surface area contributed by atoms with E-state index < -0.39 is 89.4 Å². The molecule has 4 aliphatic rings. The number of carboxylic acid groups (broad SMARTS) is 1. The number of aliphatic carboxylic acids is 1. The third-order valence-corrected chi connectivity index (χ3v) is 18.0. The Balaban J connectivity index is 0.000000193. The second kappa shape index (κ2) is 38.1. The van der Waals surface area contributed by atoms with E-state index in [-0.39, 0.29) is 56.6 Å². The maximum atomic E-state index is 12.6. The second-order valence-corrected chi connectivity index (χ2v) is 30.4. The Morgan fingerprint density at radius 2 is 0.852 bits per heavy atom. The maximum Gasteiger partial charge on any atom is 0.411 e. The highest BCUT2D eigenvalue weighted by Crippen LogP contribution is 2.34. The van der Waals surface area contributed by atoms with E-state index in [1.54, 1.807) is 99.3 Å². The van der Waals surface area contributed by atoms with E-state index in [1.807, 2.05) is 97.1 Å². The van der Waals surface area contributed by atoms with Crippen LogP contribution in [0.4, 0.5) is 14.4 Å². The zero-order valence-corrected chi connectivity index (χ0v) is 66.7. The summed E-state index contributed by atoms with van der Waals surface area (Å²) >= 11 is 12.7. The summed E-state index contributed by atoms with van der Waals surface area (Å²) in [4.78, 5) is 104. The lowest BCUT2D eigenvalue weighted by molar-refractivity contribution is -0.146. The molecule has 8 aromatic rings. The highest BCUT2D eigenvalue weighted by Gasteiger charge is 2.46. The molecule has 108 heavy (non-hydrogen) atoms. The number of hydrogen-bond acceptors (Lipinski definition) is 22. The molecule has 578 valence electrons. The number of amides is 3. The number of esters is 3. The van der Waals surface area contributed by atoms with E-state index in [9.17, 15) is 38.7 Å². The average Bonchev–Trinajstić information content (AvgIpc) is 1.57. The fraction of sp³-hybridized carbons (Fsp3) is 0.397. The number of aliphatic hydroxyl groups excluding tert-OH is 1. The molecule has 0 radical (unpaired) electrons. The SMILES string of the molecule is C=Cc1ccc2ccnc(O[C@@H]3C[C@@H](C(=O)OC)N(C(=O)OC(C)(C)C)C3)c2c1.C=Cc1ccc2ccnc(O[C@H]3CN[C@H](C(=O)OC)C3)c2c1.CC(C)(C)OC(=O)N1C[C@H](O)C[C@H]1C(=O)O.COC(=O)[C@@H]1C[C@@H](Oc2nccc3ccc(Br)cc23)CN1C(=O)OC(C)(C)C.Cl.Clc1nccc2ccc(Br)cc12. The molecule has 0 unspecified atom stereocenters. The fourth-order valence-corrected chi connectivity index (χ4v) is 12.7. The lowest BCUT2D eigenvalue weighted by Crippen LogP contribution is -2.44. The number of carbonyl (C=O) groups excluding carboxylic acids is 6. The Morgan fingerprint density at radius 3 is 1.24 bits per heavy atom. The third-order valence-electron chi connectivity index (χ3n) is 16.7. The van der Waals surface area contributed by atoms with Crippen LogP contribution in [0.2, 0.25) is 5.15 Å². The van der Waals surface area contributed by atoms with Crippen LogP contribution in [0.3, 0.4) is 0 Å². The molecule has 12 rings (SSSR count). The Morgan fingerprint density at radius 1 is 0.491 bits per heavy atom. The molecule has 0 bridgehead atoms. The predicted molar refractivity (Wildman–Crippen MR) is 418 cm³/mol. The Hall–Kier alpha value is -9.45. The third kappa shape index (κ3) is 23.8. The van der Waals surface area contributed by atoms with E-state index in [2.05, 4.69) is 70.3 Å². The van der Waals surface area contributed by atoms with Crippen molar-refractivity contribution in [2.45, 2.75) is 153 Å². The summed E-state index contributed by atoms with van der Waals surface area (Å²) in [7, 11) is 3.99. The van der Waals surface area contributed by atoms with Gasteiger partial charge in [-0.05, 0) is 156 Å². The van der Waals surface area contributed by atoms with Crippen molar-refractivity contribution >= 4 is 153 Å². The largest absolute Gasteiger partial charge is 0.480 e. The molecule has 0 saturated carbocycles. The van der Waals surface area contributed by atoms with Gasteiger partial charge in [0.15, 0.2) is 0 Å². The number of β-amino-alcohol motifs (C(OH)–C–C–N with tert-alkyl or cyclic N) is 1. The van der Waals surface area contributed by atoms with Gasteiger partial charge >= 0.3 is 42.2 Å². The van der Waals surface area contributed by atoms with Gasteiger partial charge in [-0.1, -0.05) is 105 Å². The molecule has 8 heterocycles. The molecular formula is C78H90Br2Cl2N8O18. The summed E-state index contributed by atoms with van der Waals surface area (Å²) < 4.78 is 50.6. The highest BCUT2D eigenvalue weighted by atomic mass is 79.9. The molecule has 3 amide bonds. The monoisotopic (exact) mass is 1650 g/mol. The number of rotatable bonds is 12. The number of benzene rings is 4. The van der Waals surface area contributed by atoms with Gasteiger partial charge in [0.1, 0.15) is 64.4 Å². The molecule has 3 N–H and O–H groups in total. The van der Waals surface area contributed by atoms with Crippen LogP contribution in [-0.4, -0.2) is 200 Å². The lowest BCUT2D eigenvalue weighted by Gasteiger charge is -2.27. The zero-order valence-electron chi connectivity index (χ0n) is 62.0. The number of halogens is 4. The quantitative estimate of drug-likeness (QED) is 0.0581. The second-order valence-electron chi connectivity index (χ2n) is 28.2. The zero-order chi connectivity index (χ0) is 78.2. The van der Waals surface area contributed by atoms with Crippen molar-refractivity contribution in [1.29, 1.82) is 0 Å². The smallest absolute Gasteiger partial charge is 0.411 e. The molecular weight excluding hydrogens is 1570 g/mol. The molecule has 8 atom stereocenters. The van der Waals surface area contributed by atoms with Gasteiger partial charge in [0.05, 0.1) is 47.1 Å². The fourth-order valence-electron chi connectivity index (χ4n) is 11.8. The number of nitrogens with one attached hydrogen (secondary N) is 1. The molecule has 26 nitrogen and oxygen atoms in total. The average molecular weight is 1660 g/mol. The first-order chi connectivity index (χ1) is 50.6. The van der Waals surface area contributed by atoms with Crippen LogP contribution in [0.5, 0.6) is 17.6 Å². The van der Waals surface area contributed by atoms with Crippen LogP contribution >= 0.6 is 55.9 Å². The molecule has 4 saturated heterocycles. The van der Waals surface area contributed by atoms with Crippen LogP contribution in [0.1, 0.15) is 99.1 Å². The molecule has 4 aliphatic heterocycles. The lowest BCUT2D eigenvalue weighted by atomic mass is 10.1. The first-order valence-corrected chi connectivity index (χ1v) is 36.2. The number of pyridine rings is 4. The number of aromatic nitrogens is 4. The maximum absolute atomic E-state index is 12.6. The van der Waals surface area contributed by atoms with Crippen LogP contribution < -0.4 is 19.5 Å². The van der Waals surface area contributed by atoms with Crippen molar-refractivity contribution in [3.63, 3.8) is 0 Å². The van der Waals surface area contributed by atoms with Crippen molar-refractivity contribution in [3.05, 3.63) is 160 Å². The summed E-state index contributed by atoms with van der Waals surface area (Å²) in [6, 6.07) is 28.5. The minimum absolute atomic E-state index is 0. The number of hydrogen-bond donors (Lipinski definition) is 3. The number of likely N-dealkylation sites (tertiary alicyclic amines) is 3. The van der Waals surface area contributed by atoms with Gasteiger partial charge in [-0.3, -0.25) is 19.5 Å². The molecule has 4 fully saturated rings. The van der Waals surface area contributed by atoms with Gasteiger partial charge in [0.2, 0.25) is 17.6 Å². The molecule has 0 spiro atoms.